The number of hydrogen-bond donors (Lipinski definition) is 2. The fraction of sp³-hybridized carbons (Fsp3) is 0.160. The maximum atomic E-state index is 13.7. The van der Waals surface area contributed by atoms with Crippen LogP contribution in [0.4, 0.5) is 15.8 Å². The Hall–Kier alpha value is -4.20. The van der Waals surface area contributed by atoms with Crippen LogP contribution in [-0.4, -0.2) is 31.0 Å². The molecule has 0 spiro atoms. The topological polar surface area (TPSA) is 93.7 Å². The van der Waals surface area contributed by atoms with Crippen LogP contribution in [0.3, 0.4) is 0 Å². The second-order valence-electron chi connectivity index (χ2n) is 6.99. The molecule has 0 atom stereocenters. The Labute approximate surface area is 190 Å². The number of carbonyl (C=O) groups is 3. The van der Waals surface area contributed by atoms with E-state index in [0.29, 0.717) is 5.69 Å². The molecule has 3 aromatic carbocycles. The van der Waals surface area contributed by atoms with E-state index in [0.717, 1.165) is 12.0 Å². The molecule has 2 amide bonds. The van der Waals surface area contributed by atoms with Crippen molar-refractivity contribution in [3.63, 3.8) is 0 Å². The molecule has 0 aliphatic carbocycles. The third kappa shape index (κ3) is 6.90. The number of carbonyl (C=O) groups excluding carboxylic acids is 3. The van der Waals surface area contributed by atoms with Crippen molar-refractivity contribution in [2.75, 3.05) is 23.8 Å². The molecule has 0 aliphatic heterocycles. The van der Waals surface area contributed by atoms with Crippen molar-refractivity contribution in [1.82, 2.24) is 0 Å². The summed E-state index contributed by atoms with van der Waals surface area (Å²) in [6.45, 7) is 1.09. The van der Waals surface area contributed by atoms with E-state index >= 15 is 0 Å². The Kier molecular flexibility index (Phi) is 8.13. The van der Waals surface area contributed by atoms with Gasteiger partial charge in [0.25, 0.3) is 11.8 Å². The van der Waals surface area contributed by atoms with Crippen LogP contribution < -0.4 is 15.4 Å². The number of rotatable bonds is 9. The van der Waals surface area contributed by atoms with Gasteiger partial charge in [-0.3, -0.25) is 9.59 Å². The standard InChI is InChI=1S/C25H23FN2O5/c1-2-17-11-13-18(14-12-17)27-23(29)16-33-25(31)19-7-3-6-10-22(19)32-15-24(30)28-21-9-5-4-8-20(21)26/h3-14H,2,15-16H2,1H3,(H,27,29)(H,28,30). The molecule has 0 saturated carbocycles. The number of amides is 2. The number of esters is 1. The summed E-state index contributed by atoms with van der Waals surface area (Å²) in [6.07, 6.45) is 0.887. The zero-order chi connectivity index (χ0) is 23.6. The first-order valence-electron chi connectivity index (χ1n) is 10.3. The van der Waals surface area contributed by atoms with Crippen LogP contribution in [0, 0.1) is 5.82 Å². The zero-order valence-electron chi connectivity index (χ0n) is 18.0. The molecule has 0 bridgehead atoms. The van der Waals surface area contributed by atoms with Gasteiger partial charge in [0.2, 0.25) is 0 Å². The smallest absolute Gasteiger partial charge is 0.342 e. The van der Waals surface area contributed by atoms with Crippen molar-refractivity contribution >= 4 is 29.2 Å². The summed E-state index contributed by atoms with van der Waals surface area (Å²) in [7, 11) is 0. The summed E-state index contributed by atoms with van der Waals surface area (Å²) in [6, 6.07) is 19.2. The van der Waals surface area contributed by atoms with Gasteiger partial charge in [0, 0.05) is 5.69 Å². The molecule has 7 nitrogen and oxygen atoms in total. The molecule has 0 aromatic heterocycles. The van der Waals surface area contributed by atoms with Crippen LogP contribution in [-0.2, 0) is 20.7 Å². The van der Waals surface area contributed by atoms with Gasteiger partial charge in [0.15, 0.2) is 13.2 Å². The Balaban J connectivity index is 1.53. The Morgan fingerprint density at radius 2 is 1.48 bits per heavy atom. The zero-order valence-corrected chi connectivity index (χ0v) is 18.0. The summed E-state index contributed by atoms with van der Waals surface area (Å²) < 4.78 is 24.2. The van der Waals surface area contributed by atoms with E-state index in [2.05, 4.69) is 10.6 Å². The van der Waals surface area contributed by atoms with Crippen molar-refractivity contribution in [2.45, 2.75) is 13.3 Å². The van der Waals surface area contributed by atoms with Gasteiger partial charge in [0.05, 0.1) is 5.69 Å². The van der Waals surface area contributed by atoms with E-state index < -0.39 is 36.8 Å². The molecule has 170 valence electrons. The van der Waals surface area contributed by atoms with Gasteiger partial charge >= 0.3 is 5.97 Å². The lowest BCUT2D eigenvalue weighted by molar-refractivity contribution is -0.119. The van der Waals surface area contributed by atoms with E-state index in [1.165, 1.54) is 30.3 Å². The molecule has 2 N–H and O–H groups in total. The second kappa shape index (κ2) is 11.4. The Morgan fingerprint density at radius 3 is 2.21 bits per heavy atom. The summed E-state index contributed by atoms with van der Waals surface area (Å²) in [5.41, 5.74) is 1.81. The molecule has 0 saturated heterocycles. The average molecular weight is 450 g/mol. The molecular formula is C25H23FN2O5. The molecule has 8 heteroatoms. The second-order valence-corrected chi connectivity index (χ2v) is 6.99. The average Bonchev–Trinajstić information content (AvgIpc) is 2.83. The third-order valence-electron chi connectivity index (χ3n) is 4.59. The number of benzene rings is 3. The predicted molar refractivity (Wildman–Crippen MR) is 122 cm³/mol. The number of halogens is 1. The summed E-state index contributed by atoms with van der Waals surface area (Å²) in [5.74, 6) is -2.35. The highest BCUT2D eigenvalue weighted by Gasteiger charge is 2.17. The number of para-hydroxylation sites is 2. The molecule has 3 rings (SSSR count). The first-order chi connectivity index (χ1) is 16.0. The van der Waals surface area contributed by atoms with Gasteiger partial charge < -0.3 is 20.1 Å². The lowest BCUT2D eigenvalue weighted by atomic mass is 10.1. The molecule has 0 radical (unpaired) electrons. The van der Waals surface area contributed by atoms with Gasteiger partial charge in [-0.15, -0.1) is 0 Å². The maximum absolute atomic E-state index is 13.7. The van der Waals surface area contributed by atoms with E-state index in [4.69, 9.17) is 9.47 Å². The third-order valence-corrected chi connectivity index (χ3v) is 4.59. The molecule has 3 aromatic rings. The van der Waals surface area contributed by atoms with Gasteiger partial charge in [-0.2, -0.15) is 0 Å². The lowest BCUT2D eigenvalue weighted by Gasteiger charge is -2.12. The molecular weight excluding hydrogens is 427 g/mol. The van der Waals surface area contributed by atoms with Crippen LogP contribution in [0.5, 0.6) is 5.75 Å². The van der Waals surface area contributed by atoms with Crippen molar-refractivity contribution in [1.29, 1.82) is 0 Å². The number of aryl methyl sites for hydroxylation is 1. The van der Waals surface area contributed by atoms with Gasteiger partial charge in [-0.25, -0.2) is 9.18 Å². The Bertz CT molecular complexity index is 1130. The van der Waals surface area contributed by atoms with Crippen molar-refractivity contribution in [3.8, 4) is 5.75 Å². The minimum atomic E-state index is -0.781. The molecule has 0 unspecified atom stereocenters. The normalized spacial score (nSPS) is 10.2. The van der Waals surface area contributed by atoms with E-state index in [1.54, 1.807) is 30.3 Å². The lowest BCUT2D eigenvalue weighted by Crippen LogP contribution is -2.23. The molecule has 0 aliphatic rings. The number of hydrogen-bond acceptors (Lipinski definition) is 5. The fourth-order valence-corrected chi connectivity index (χ4v) is 2.88. The molecule has 0 fully saturated rings. The first-order valence-corrected chi connectivity index (χ1v) is 10.3. The van der Waals surface area contributed by atoms with Gasteiger partial charge in [0.1, 0.15) is 17.1 Å². The molecule has 33 heavy (non-hydrogen) atoms. The summed E-state index contributed by atoms with van der Waals surface area (Å²) >= 11 is 0. The maximum Gasteiger partial charge on any atom is 0.342 e. The quantitative estimate of drug-likeness (QED) is 0.477. The van der Waals surface area contributed by atoms with Crippen molar-refractivity contribution in [3.05, 3.63) is 89.7 Å². The van der Waals surface area contributed by atoms with E-state index in [-0.39, 0.29) is 17.0 Å². The number of nitrogens with one attached hydrogen (secondary N) is 2. The van der Waals surface area contributed by atoms with Crippen LogP contribution in [0.2, 0.25) is 0 Å². The monoisotopic (exact) mass is 450 g/mol. The number of anilines is 2. The van der Waals surface area contributed by atoms with Crippen LogP contribution >= 0.6 is 0 Å². The predicted octanol–water partition coefficient (Wildman–Crippen LogP) is 4.20. The van der Waals surface area contributed by atoms with Crippen LogP contribution in [0.25, 0.3) is 0 Å². The minimum absolute atomic E-state index is 0.0224. The van der Waals surface area contributed by atoms with E-state index in [1.807, 2.05) is 19.1 Å². The minimum Gasteiger partial charge on any atom is -0.483 e. The van der Waals surface area contributed by atoms with Crippen LogP contribution in [0.1, 0.15) is 22.8 Å². The largest absolute Gasteiger partial charge is 0.483 e. The number of ether oxygens (including phenoxy) is 2. The highest BCUT2D eigenvalue weighted by Crippen LogP contribution is 2.19. The Morgan fingerprint density at radius 1 is 0.818 bits per heavy atom. The fourth-order valence-electron chi connectivity index (χ4n) is 2.88. The van der Waals surface area contributed by atoms with E-state index in [9.17, 15) is 18.8 Å². The highest BCUT2D eigenvalue weighted by atomic mass is 19.1. The van der Waals surface area contributed by atoms with Crippen LogP contribution in [0.15, 0.2) is 72.8 Å². The summed E-state index contributed by atoms with van der Waals surface area (Å²) in [5, 5.41) is 5.04. The van der Waals surface area contributed by atoms with Crippen molar-refractivity contribution < 1.29 is 28.2 Å². The SMILES string of the molecule is CCc1ccc(NC(=O)COC(=O)c2ccccc2OCC(=O)Nc2ccccc2F)cc1. The van der Waals surface area contributed by atoms with Gasteiger partial charge in [-0.05, 0) is 48.4 Å². The van der Waals surface area contributed by atoms with Gasteiger partial charge in [-0.1, -0.05) is 43.3 Å². The summed E-state index contributed by atoms with van der Waals surface area (Å²) in [4.78, 5) is 36.6. The van der Waals surface area contributed by atoms with Crippen molar-refractivity contribution in [2.24, 2.45) is 0 Å². The molecule has 0 heterocycles. The first kappa shape index (κ1) is 23.5. The highest BCUT2D eigenvalue weighted by molar-refractivity contribution is 5.97.